The molecular formula is C30H29N3O6. The first kappa shape index (κ1) is 26.0. The van der Waals surface area contributed by atoms with Crippen LogP contribution in [0.15, 0.2) is 71.1 Å². The zero-order valence-electron chi connectivity index (χ0n) is 22.0. The van der Waals surface area contributed by atoms with Crippen LogP contribution in [-0.2, 0) is 17.9 Å². The van der Waals surface area contributed by atoms with Crippen LogP contribution < -0.4 is 4.74 Å². The zero-order valence-corrected chi connectivity index (χ0v) is 22.0. The molecule has 1 aliphatic heterocycles. The number of carboxylic acids is 1. The summed E-state index contributed by atoms with van der Waals surface area (Å²) in [6.45, 7) is 4.59. The third-order valence-electron chi connectivity index (χ3n) is 6.74. The van der Waals surface area contributed by atoms with Crippen LogP contribution in [0.1, 0.15) is 63.9 Å². The van der Waals surface area contributed by atoms with Crippen LogP contribution in [0.2, 0.25) is 0 Å². The van der Waals surface area contributed by atoms with E-state index in [9.17, 15) is 19.5 Å². The van der Waals surface area contributed by atoms with E-state index in [0.29, 0.717) is 30.2 Å². The number of para-hydroxylation sites is 1. The van der Waals surface area contributed by atoms with Gasteiger partial charge < -0.3 is 14.3 Å². The smallest absolute Gasteiger partial charge is 0.371 e. The number of nitrogens with zero attached hydrogens (tertiary/aromatic N) is 3. The molecule has 9 heteroatoms. The van der Waals surface area contributed by atoms with Crippen molar-refractivity contribution in [1.29, 1.82) is 0 Å². The number of aromatic carboxylic acids is 1. The van der Waals surface area contributed by atoms with Crippen molar-refractivity contribution in [2.24, 2.45) is 5.92 Å². The largest absolute Gasteiger partial charge is 0.489 e. The summed E-state index contributed by atoms with van der Waals surface area (Å²) in [7, 11) is 1.46. The number of aromatic nitrogens is 2. The normalized spacial score (nSPS) is 15.1. The summed E-state index contributed by atoms with van der Waals surface area (Å²) in [5, 5.41) is 14.2. The van der Waals surface area contributed by atoms with Crippen molar-refractivity contribution >= 4 is 17.8 Å². The minimum absolute atomic E-state index is 0.177. The van der Waals surface area contributed by atoms with Crippen molar-refractivity contribution < 1.29 is 28.6 Å². The lowest BCUT2D eigenvalue weighted by molar-refractivity contribution is -0.130. The Morgan fingerprint density at radius 3 is 2.46 bits per heavy atom. The van der Waals surface area contributed by atoms with Gasteiger partial charge in [-0.1, -0.05) is 62.4 Å². The molecule has 0 radical (unpaired) electrons. The molecule has 5 rings (SSSR count). The Labute approximate surface area is 225 Å². The van der Waals surface area contributed by atoms with Crippen molar-refractivity contribution in [3.05, 3.63) is 94.9 Å². The number of carboxylic acid groups (broad SMARTS) is 1. The Hall–Kier alpha value is -4.66. The highest BCUT2D eigenvalue weighted by Gasteiger charge is 2.43. The van der Waals surface area contributed by atoms with Gasteiger partial charge in [0.1, 0.15) is 18.1 Å². The second-order valence-corrected chi connectivity index (χ2v) is 10.0. The van der Waals surface area contributed by atoms with Crippen molar-refractivity contribution in [2.45, 2.75) is 39.3 Å². The minimum atomic E-state index is -1.22. The van der Waals surface area contributed by atoms with Crippen LogP contribution in [-0.4, -0.2) is 44.6 Å². The average Bonchev–Trinajstić information content (AvgIpc) is 3.55. The molecule has 2 amide bonds. The molecule has 0 aliphatic carbocycles. The summed E-state index contributed by atoms with van der Waals surface area (Å²) in [5.74, 6) is -1.90. The fourth-order valence-corrected chi connectivity index (χ4v) is 4.85. The van der Waals surface area contributed by atoms with Crippen molar-refractivity contribution in [3.8, 4) is 17.2 Å². The SMILES string of the molecule is CC(C)CC1C(=O)N(C)C(=O)c2c1nn(Cc1ccccc1OCc1ccccc1)c2-c1ccc(C(=O)O)o1. The van der Waals surface area contributed by atoms with Gasteiger partial charge in [-0.25, -0.2) is 4.79 Å². The molecule has 2 aromatic heterocycles. The van der Waals surface area contributed by atoms with Crippen LogP contribution in [0.3, 0.4) is 0 Å². The van der Waals surface area contributed by atoms with E-state index < -0.39 is 17.8 Å². The summed E-state index contributed by atoms with van der Waals surface area (Å²) >= 11 is 0. The molecular weight excluding hydrogens is 498 g/mol. The Balaban J connectivity index is 1.61. The second kappa shape index (κ2) is 10.6. The van der Waals surface area contributed by atoms with Crippen molar-refractivity contribution in [1.82, 2.24) is 14.7 Å². The Morgan fingerprint density at radius 2 is 1.77 bits per heavy atom. The molecule has 39 heavy (non-hydrogen) atoms. The predicted octanol–water partition coefficient (Wildman–Crippen LogP) is 5.21. The van der Waals surface area contributed by atoms with Gasteiger partial charge in [0.25, 0.3) is 5.91 Å². The van der Waals surface area contributed by atoms with Gasteiger partial charge in [0.05, 0.1) is 23.7 Å². The van der Waals surface area contributed by atoms with Gasteiger partial charge in [-0.05, 0) is 36.1 Å². The lowest BCUT2D eigenvalue weighted by atomic mass is 9.87. The van der Waals surface area contributed by atoms with Gasteiger partial charge in [-0.3, -0.25) is 19.2 Å². The van der Waals surface area contributed by atoms with Crippen molar-refractivity contribution in [2.75, 3.05) is 7.05 Å². The fraction of sp³-hybridized carbons (Fsp3) is 0.267. The van der Waals surface area contributed by atoms with E-state index in [0.717, 1.165) is 16.0 Å². The summed E-state index contributed by atoms with van der Waals surface area (Å²) in [4.78, 5) is 39.3. The van der Waals surface area contributed by atoms with Crippen LogP contribution in [0.5, 0.6) is 5.75 Å². The number of furan rings is 1. The molecule has 200 valence electrons. The number of amides is 2. The van der Waals surface area contributed by atoms with E-state index in [1.807, 2.05) is 68.4 Å². The van der Waals surface area contributed by atoms with Crippen molar-refractivity contribution in [3.63, 3.8) is 0 Å². The molecule has 4 aromatic rings. The lowest BCUT2D eigenvalue weighted by Gasteiger charge is -2.28. The summed E-state index contributed by atoms with van der Waals surface area (Å²) in [5.41, 5.74) is 2.77. The molecule has 0 fully saturated rings. The quantitative estimate of drug-likeness (QED) is 0.297. The first-order valence-corrected chi connectivity index (χ1v) is 12.7. The number of hydrogen-bond acceptors (Lipinski definition) is 6. The number of carbonyl (C=O) groups is 3. The van der Waals surface area contributed by atoms with E-state index in [1.54, 1.807) is 4.68 Å². The number of hydrogen-bond donors (Lipinski definition) is 1. The average molecular weight is 528 g/mol. The van der Waals surface area contributed by atoms with Gasteiger partial charge in [0.15, 0.2) is 5.76 Å². The molecule has 0 bridgehead atoms. The number of fused-ring (bicyclic) bond motifs is 1. The molecule has 0 saturated heterocycles. The monoisotopic (exact) mass is 527 g/mol. The van der Waals surface area contributed by atoms with E-state index >= 15 is 0 Å². The molecule has 9 nitrogen and oxygen atoms in total. The van der Waals surface area contributed by atoms with Gasteiger partial charge in [-0.15, -0.1) is 0 Å². The number of imide groups is 1. The highest BCUT2D eigenvalue weighted by atomic mass is 16.5. The van der Waals surface area contributed by atoms with E-state index in [4.69, 9.17) is 14.3 Å². The molecule has 0 saturated carbocycles. The summed E-state index contributed by atoms with van der Waals surface area (Å²) < 4.78 is 13.4. The number of rotatable bonds is 9. The maximum absolute atomic E-state index is 13.5. The van der Waals surface area contributed by atoms with Gasteiger partial charge in [0.2, 0.25) is 11.7 Å². The first-order valence-electron chi connectivity index (χ1n) is 12.7. The molecule has 1 N–H and O–H groups in total. The summed E-state index contributed by atoms with van der Waals surface area (Å²) in [6, 6.07) is 20.2. The van der Waals surface area contributed by atoms with E-state index in [1.165, 1.54) is 19.2 Å². The standard InChI is InChI=1S/C30H29N3O6/c1-18(2)15-21-26-25(29(35)32(3)28(21)34)27(23-13-14-24(39-23)30(36)37)33(31-26)16-20-11-7-8-12-22(20)38-17-19-9-5-4-6-10-19/h4-14,18,21H,15-17H2,1-3H3,(H,36,37). The Kier molecular flexibility index (Phi) is 7.06. The van der Waals surface area contributed by atoms with Crippen LogP contribution in [0, 0.1) is 5.92 Å². The Morgan fingerprint density at radius 1 is 1.05 bits per heavy atom. The third-order valence-corrected chi connectivity index (χ3v) is 6.74. The predicted molar refractivity (Wildman–Crippen MR) is 143 cm³/mol. The first-order chi connectivity index (χ1) is 18.7. The van der Waals surface area contributed by atoms with E-state index in [2.05, 4.69) is 0 Å². The fourth-order valence-electron chi connectivity index (χ4n) is 4.85. The number of benzene rings is 2. The molecule has 2 aromatic carbocycles. The van der Waals surface area contributed by atoms with Crippen LogP contribution in [0.25, 0.3) is 11.5 Å². The van der Waals surface area contributed by atoms with Crippen LogP contribution in [0.4, 0.5) is 0 Å². The molecule has 3 heterocycles. The molecule has 1 atom stereocenters. The van der Waals surface area contributed by atoms with E-state index in [-0.39, 0.29) is 35.5 Å². The maximum atomic E-state index is 13.5. The third kappa shape index (κ3) is 5.07. The maximum Gasteiger partial charge on any atom is 0.371 e. The number of ether oxygens (including phenoxy) is 1. The van der Waals surface area contributed by atoms with Gasteiger partial charge >= 0.3 is 5.97 Å². The molecule has 1 unspecified atom stereocenters. The zero-order chi connectivity index (χ0) is 27.7. The molecule has 0 spiro atoms. The highest BCUT2D eigenvalue weighted by molar-refractivity contribution is 6.13. The molecule has 1 aliphatic rings. The topological polar surface area (TPSA) is 115 Å². The van der Waals surface area contributed by atoms with Crippen LogP contribution >= 0.6 is 0 Å². The minimum Gasteiger partial charge on any atom is -0.489 e. The second-order valence-electron chi connectivity index (χ2n) is 10.0. The number of carbonyl (C=O) groups excluding carboxylic acids is 2. The highest BCUT2D eigenvalue weighted by Crippen LogP contribution is 2.39. The lowest BCUT2D eigenvalue weighted by Crippen LogP contribution is -2.42. The summed E-state index contributed by atoms with van der Waals surface area (Å²) in [6.07, 6.45) is 0.509. The number of likely N-dealkylation sites (N-methyl/N-ethyl adjacent to an activating group) is 1. The van der Waals surface area contributed by atoms with Gasteiger partial charge in [0, 0.05) is 12.6 Å². The Bertz CT molecular complexity index is 1540. The van der Waals surface area contributed by atoms with Gasteiger partial charge in [-0.2, -0.15) is 5.10 Å².